The number of halogens is 2. The van der Waals surface area contributed by atoms with E-state index in [1.165, 1.54) is 6.08 Å². The first-order valence-corrected chi connectivity index (χ1v) is 3.05. The van der Waals surface area contributed by atoms with E-state index in [9.17, 15) is 4.79 Å². The average Bonchev–Trinajstić information content (AvgIpc) is 1.85. The van der Waals surface area contributed by atoms with Crippen molar-refractivity contribution in [3.63, 3.8) is 0 Å². The van der Waals surface area contributed by atoms with Crippen LogP contribution in [0.2, 0.25) is 0 Å². The molecule has 0 aliphatic heterocycles. The van der Waals surface area contributed by atoms with Crippen molar-refractivity contribution in [3.8, 4) is 0 Å². The van der Waals surface area contributed by atoms with Crippen LogP contribution in [-0.2, 0) is 4.79 Å². The van der Waals surface area contributed by atoms with Crippen molar-refractivity contribution in [2.75, 3.05) is 0 Å². The second-order valence-electron chi connectivity index (χ2n) is 1.67. The highest BCUT2D eigenvalue weighted by molar-refractivity contribution is 6.40. The SMILES string of the molecule is O=C1C=C(Cl)C(Cl)C1. The Hall–Kier alpha value is -0.0100. The van der Waals surface area contributed by atoms with Crippen molar-refractivity contribution in [3.05, 3.63) is 11.1 Å². The van der Waals surface area contributed by atoms with Gasteiger partial charge < -0.3 is 0 Å². The summed E-state index contributed by atoms with van der Waals surface area (Å²) in [6, 6.07) is 0. The lowest BCUT2D eigenvalue weighted by atomic mass is 10.3. The van der Waals surface area contributed by atoms with Crippen LogP contribution in [0.15, 0.2) is 11.1 Å². The van der Waals surface area contributed by atoms with E-state index >= 15 is 0 Å². The number of hydrogen-bond acceptors (Lipinski definition) is 1. The molecule has 44 valence electrons. The molecule has 0 saturated heterocycles. The van der Waals surface area contributed by atoms with Crippen LogP contribution >= 0.6 is 23.2 Å². The molecule has 0 aromatic carbocycles. The van der Waals surface area contributed by atoms with Crippen molar-refractivity contribution in [2.24, 2.45) is 0 Å². The first-order valence-electron chi connectivity index (χ1n) is 2.24. The molecule has 0 fully saturated rings. The van der Waals surface area contributed by atoms with Crippen molar-refractivity contribution in [1.29, 1.82) is 0 Å². The molecule has 1 nitrogen and oxygen atoms in total. The summed E-state index contributed by atoms with van der Waals surface area (Å²) in [4.78, 5) is 10.4. The molecular weight excluding hydrogens is 147 g/mol. The number of rotatable bonds is 0. The zero-order valence-corrected chi connectivity index (χ0v) is 5.54. The normalized spacial score (nSPS) is 28.5. The van der Waals surface area contributed by atoms with E-state index in [4.69, 9.17) is 23.2 Å². The molecule has 8 heavy (non-hydrogen) atoms. The van der Waals surface area contributed by atoms with E-state index < -0.39 is 0 Å². The molecular formula is C5H4Cl2O. The van der Waals surface area contributed by atoms with Crippen LogP contribution in [0.25, 0.3) is 0 Å². The molecule has 0 aromatic rings. The molecule has 0 heterocycles. The molecule has 1 aliphatic carbocycles. The maximum atomic E-state index is 10.4. The second kappa shape index (κ2) is 2.08. The van der Waals surface area contributed by atoms with Gasteiger partial charge in [0.2, 0.25) is 0 Å². The molecule has 0 saturated carbocycles. The highest BCUT2D eigenvalue weighted by Gasteiger charge is 2.20. The fourth-order valence-electron chi connectivity index (χ4n) is 0.577. The molecule has 1 atom stereocenters. The number of carbonyl (C=O) groups excluding carboxylic acids is 1. The molecule has 0 bridgehead atoms. The Morgan fingerprint density at radius 2 is 2.38 bits per heavy atom. The van der Waals surface area contributed by atoms with Gasteiger partial charge in [-0.25, -0.2) is 0 Å². The van der Waals surface area contributed by atoms with E-state index in [1.54, 1.807) is 0 Å². The first kappa shape index (κ1) is 6.12. The van der Waals surface area contributed by atoms with E-state index in [-0.39, 0.29) is 11.2 Å². The highest BCUT2D eigenvalue weighted by Crippen LogP contribution is 2.24. The number of allylic oxidation sites excluding steroid dienone is 2. The van der Waals surface area contributed by atoms with E-state index in [2.05, 4.69) is 0 Å². The Morgan fingerprint density at radius 3 is 2.50 bits per heavy atom. The molecule has 1 aliphatic rings. The van der Waals surface area contributed by atoms with Gasteiger partial charge in [-0.1, -0.05) is 11.6 Å². The van der Waals surface area contributed by atoms with Crippen LogP contribution in [0.1, 0.15) is 6.42 Å². The van der Waals surface area contributed by atoms with Crippen molar-refractivity contribution < 1.29 is 4.79 Å². The maximum absolute atomic E-state index is 10.4. The third-order valence-electron chi connectivity index (χ3n) is 0.979. The van der Waals surface area contributed by atoms with Crippen molar-refractivity contribution in [2.45, 2.75) is 11.8 Å². The van der Waals surface area contributed by atoms with Gasteiger partial charge in [-0.05, 0) is 6.08 Å². The van der Waals surface area contributed by atoms with Crippen LogP contribution in [0.3, 0.4) is 0 Å². The summed E-state index contributed by atoms with van der Waals surface area (Å²) < 4.78 is 0. The van der Waals surface area contributed by atoms with E-state index in [0.29, 0.717) is 11.5 Å². The number of carbonyl (C=O) groups is 1. The summed E-state index contributed by atoms with van der Waals surface area (Å²) in [5, 5.41) is 0.209. The Bertz CT molecular complexity index is 151. The lowest BCUT2D eigenvalue weighted by Gasteiger charge is -1.92. The lowest BCUT2D eigenvalue weighted by molar-refractivity contribution is -0.113. The molecule has 0 radical (unpaired) electrons. The van der Waals surface area contributed by atoms with Gasteiger partial charge in [-0.3, -0.25) is 4.79 Å². The highest BCUT2D eigenvalue weighted by atomic mass is 35.5. The maximum Gasteiger partial charge on any atom is 0.158 e. The van der Waals surface area contributed by atoms with E-state index in [1.807, 2.05) is 0 Å². The average molecular weight is 151 g/mol. The summed E-state index contributed by atoms with van der Waals surface area (Å²) in [5.41, 5.74) is 0. The molecule has 0 amide bonds. The van der Waals surface area contributed by atoms with Crippen LogP contribution in [0.5, 0.6) is 0 Å². The zero-order chi connectivity index (χ0) is 6.15. The Balaban J connectivity index is 2.73. The fraction of sp³-hybridized carbons (Fsp3) is 0.400. The molecule has 3 heteroatoms. The van der Waals surface area contributed by atoms with Gasteiger partial charge in [0.15, 0.2) is 5.78 Å². The van der Waals surface area contributed by atoms with Gasteiger partial charge in [0.1, 0.15) is 0 Å². The Labute approximate surface area is 57.3 Å². The fourth-order valence-corrected chi connectivity index (χ4v) is 0.991. The quantitative estimate of drug-likeness (QED) is 0.481. The summed E-state index contributed by atoms with van der Waals surface area (Å²) in [6.45, 7) is 0. The van der Waals surface area contributed by atoms with Gasteiger partial charge in [0.25, 0.3) is 0 Å². The monoisotopic (exact) mass is 150 g/mol. The van der Waals surface area contributed by atoms with Gasteiger partial charge in [0, 0.05) is 11.5 Å². The molecule has 0 N–H and O–H groups in total. The summed E-state index contributed by atoms with van der Waals surface area (Å²) in [5.74, 6) is 0.0231. The van der Waals surface area contributed by atoms with E-state index in [0.717, 1.165) is 0 Å². The minimum Gasteiger partial charge on any atom is -0.295 e. The summed E-state index contributed by atoms with van der Waals surface area (Å²) in [7, 11) is 0. The van der Waals surface area contributed by atoms with Gasteiger partial charge in [-0.15, -0.1) is 11.6 Å². The zero-order valence-electron chi connectivity index (χ0n) is 4.03. The second-order valence-corrected chi connectivity index (χ2v) is 2.63. The molecule has 0 aromatic heterocycles. The topological polar surface area (TPSA) is 17.1 Å². The van der Waals surface area contributed by atoms with Crippen molar-refractivity contribution >= 4 is 29.0 Å². The number of ketones is 1. The molecule has 1 unspecified atom stereocenters. The Morgan fingerprint density at radius 1 is 1.75 bits per heavy atom. The minimum atomic E-state index is -0.260. The van der Waals surface area contributed by atoms with Crippen LogP contribution < -0.4 is 0 Å². The predicted molar refractivity (Wildman–Crippen MR) is 33.2 cm³/mol. The van der Waals surface area contributed by atoms with Gasteiger partial charge >= 0.3 is 0 Å². The predicted octanol–water partition coefficient (Wildman–Crippen LogP) is 1.69. The molecule has 1 rings (SSSR count). The number of hydrogen-bond donors (Lipinski definition) is 0. The van der Waals surface area contributed by atoms with Crippen LogP contribution in [-0.4, -0.2) is 11.2 Å². The summed E-state index contributed by atoms with van der Waals surface area (Å²) in [6.07, 6.45) is 1.74. The largest absolute Gasteiger partial charge is 0.295 e. The summed E-state index contributed by atoms with van der Waals surface area (Å²) >= 11 is 11.0. The molecule has 0 spiro atoms. The Kier molecular flexibility index (Phi) is 1.59. The third-order valence-corrected chi connectivity index (χ3v) is 1.85. The van der Waals surface area contributed by atoms with Gasteiger partial charge in [-0.2, -0.15) is 0 Å². The minimum absolute atomic E-state index is 0.0231. The standard InChI is InChI=1S/C5H4Cl2O/c6-4-1-3(8)2-5(4)7/h1,5H,2H2. The first-order chi connectivity index (χ1) is 3.70. The van der Waals surface area contributed by atoms with Crippen molar-refractivity contribution in [1.82, 2.24) is 0 Å². The van der Waals surface area contributed by atoms with Gasteiger partial charge in [0.05, 0.1) is 5.38 Å². The van der Waals surface area contributed by atoms with Crippen LogP contribution in [0, 0.1) is 0 Å². The number of alkyl halides is 1. The lowest BCUT2D eigenvalue weighted by Crippen LogP contribution is -1.93. The third kappa shape index (κ3) is 1.04. The van der Waals surface area contributed by atoms with Crippen LogP contribution in [0.4, 0.5) is 0 Å². The smallest absolute Gasteiger partial charge is 0.158 e.